The van der Waals surface area contributed by atoms with Gasteiger partial charge in [-0.05, 0) is 54.6 Å². The van der Waals surface area contributed by atoms with Crippen LogP contribution in [-0.2, 0) is 0 Å². The molecule has 0 unspecified atom stereocenters. The van der Waals surface area contributed by atoms with Gasteiger partial charge in [-0.1, -0.05) is 11.8 Å². The molecule has 166 valence electrons. The first-order valence-corrected chi connectivity index (χ1v) is 11.3. The first kappa shape index (κ1) is 21.0. The molecule has 0 fully saturated rings. The zero-order valence-corrected chi connectivity index (χ0v) is 18.6. The fraction of sp³-hybridized carbons (Fsp3) is 0.167. The summed E-state index contributed by atoms with van der Waals surface area (Å²) >= 11 is 1.33. The van der Waals surface area contributed by atoms with E-state index in [0.29, 0.717) is 41.3 Å². The fourth-order valence-electron chi connectivity index (χ4n) is 3.45. The molecule has 33 heavy (non-hydrogen) atoms. The molecule has 0 spiro atoms. The Morgan fingerprint density at radius 1 is 1.00 bits per heavy atom. The molecule has 4 aromatic rings. The quantitative estimate of drug-likeness (QED) is 0.301. The minimum absolute atomic E-state index is 0.0354. The molecule has 1 aliphatic heterocycles. The van der Waals surface area contributed by atoms with E-state index in [4.69, 9.17) is 14.2 Å². The van der Waals surface area contributed by atoms with Crippen LogP contribution in [0.4, 0.5) is 0 Å². The third-order valence-corrected chi connectivity index (χ3v) is 6.03. The number of hydrogen-bond donors (Lipinski definition) is 0. The van der Waals surface area contributed by atoms with E-state index in [1.165, 1.54) is 11.8 Å². The molecule has 2 aromatic carbocycles. The summed E-state index contributed by atoms with van der Waals surface area (Å²) in [6, 6.07) is 16.6. The second kappa shape index (κ2) is 9.33. The Hall–Kier alpha value is -3.85. The lowest BCUT2D eigenvalue weighted by Gasteiger charge is -2.18. The molecule has 3 heterocycles. The zero-order chi connectivity index (χ0) is 22.6. The molecule has 0 aliphatic carbocycles. The number of fused-ring (bicyclic) bond motifs is 1. The summed E-state index contributed by atoms with van der Waals surface area (Å²) in [4.78, 5) is 17.0. The highest BCUT2D eigenvalue weighted by atomic mass is 32.2. The highest BCUT2D eigenvalue weighted by Crippen LogP contribution is 2.32. The van der Waals surface area contributed by atoms with Crippen molar-refractivity contribution in [2.45, 2.75) is 5.16 Å². The van der Waals surface area contributed by atoms with Crippen molar-refractivity contribution in [2.24, 2.45) is 0 Å². The van der Waals surface area contributed by atoms with Crippen LogP contribution < -0.4 is 14.2 Å². The maximum absolute atomic E-state index is 12.9. The summed E-state index contributed by atoms with van der Waals surface area (Å²) in [6.07, 6.45) is 3.42. The van der Waals surface area contributed by atoms with Crippen molar-refractivity contribution in [3.63, 3.8) is 0 Å². The second-order valence-corrected chi connectivity index (χ2v) is 8.09. The number of ketones is 1. The molecule has 1 aliphatic rings. The number of nitrogens with zero attached hydrogens (tertiary/aromatic N) is 4. The van der Waals surface area contributed by atoms with Crippen LogP contribution in [0.3, 0.4) is 0 Å². The van der Waals surface area contributed by atoms with E-state index in [-0.39, 0.29) is 11.5 Å². The maximum Gasteiger partial charge on any atom is 0.196 e. The van der Waals surface area contributed by atoms with Crippen molar-refractivity contribution >= 4 is 17.5 Å². The van der Waals surface area contributed by atoms with E-state index in [2.05, 4.69) is 15.2 Å². The van der Waals surface area contributed by atoms with E-state index in [0.717, 1.165) is 17.0 Å². The Bertz CT molecular complexity index is 1280. The molecule has 9 heteroatoms. The van der Waals surface area contributed by atoms with Crippen LogP contribution >= 0.6 is 11.8 Å². The lowest BCUT2D eigenvalue weighted by Crippen LogP contribution is -2.16. The summed E-state index contributed by atoms with van der Waals surface area (Å²) in [5.74, 6) is 2.83. The van der Waals surface area contributed by atoms with Crippen LogP contribution in [0.2, 0.25) is 0 Å². The van der Waals surface area contributed by atoms with E-state index in [1.807, 2.05) is 41.0 Å². The largest absolute Gasteiger partial charge is 0.497 e. The minimum atomic E-state index is -0.0354. The van der Waals surface area contributed by atoms with Crippen molar-refractivity contribution in [2.75, 3.05) is 26.1 Å². The predicted molar refractivity (Wildman–Crippen MR) is 124 cm³/mol. The smallest absolute Gasteiger partial charge is 0.196 e. The number of hydrogen-bond acceptors (Lipinski definition) is 8. The zero-order valence-electron chi connectivity index (χ0n) is 17.8. The SMILES string of the molecule is COc1ccc(-n2c(SCC(=O)c3ccc4c(c3)OCCO4)nnc2-c2ccncc2)cc1. The number of benzene rings is 2. The average Bonchev–Trinajstić information content (AvgIpc) is 3.31. The molecule has 0 N–H and O–H groups in total. The number of ether oxygens (including phenoxy) is 3. The lowest BCUT2D eigenvalue weighted by atomic mass is 10.1. The Morgan fingerprint density at radius 2 is 1.76 bits per heavy atom. The van der Waals surface area contributed by atoms with E-state index < -0.39 is 0 Å². The maximum atomic E-state index is 12.9. The molecule has 0 bridgehead atoms. The van der Waals surface area contributed by atoms with Crippen LogP contribution in [0, 0.1) is 0 Å². The molecular formula is C24H20N4O4S. The van der Waals surface area contributed by atoms with Crippen molar-refractivity contribution < 1.29 is 19.0 Å². The molecule has 5 rings (SSSR count). The Morgan fingerprint density at radius 3 is 2.52 bits per heavy atom. The van der Waals surface area contributed by atoms with Crippen molar-refractivity contribution in [3.8, 4) is 34.3 Å². The van der Waals surface area contributed by atoms with E-state index >= 15 is 0 Å². The number of carbonyl (C=O) groups is 1. The van der Waals surface area contributed by atoms with Gasteiger partial charge in [-0.2, -0.15) is 0 Å². The van der Waals surface area contributed by atoms with Crippen LogP contribution in [0.5, 0.6) is 17.2 Å². The van der Waals surface area contributed by atoms with Gasteiger partial charge in [0.1, 0.15) is 19.0 Å². The molecule has 0 atom stereocenters. The standard InChI is InChI=1S/C24H20N4O4S/c1-30-19-5-3-18(4-6-19)28-23(16-8-10-25-11-9-16)26-27-24(28)33-15-20(29)17-2-7-21-22(14-17)32-13-12-31-21/h2-11,14H,12-13,15H2,1H3. The Kier molecular flexibility index (Phi) is 5.95. The van der Waals surface area contributed by atoms with Crippen LogP contribution in [-0.4, -0.2) is 51.6 Å². The van der Waals surface area contributed by atoms with Crippen molar-refractivity contribution in [3.05, 3.63) is 72.6 Å². The topological polar surface area (TPSA) is 88.4 Å². The molecule has 2 aromatic heterocycles. The molecule has 0 amide bonds. The van der Waals surface area contributed by atoms with E-state index in [9.17, 15) is 4.79 Å². The van der Waals surface area contributed by atoms with Gasteiger partial charge in [0, 0.05) is 29.2 Å². The van der Waals surface area contributed by atoms with Crippen LogP contribution in [0.15, 0.2) is 72.1 Å². The van der Waals surface area contributed by atoms with Gasteiger partial charge in [0.25, 0.3) is 0 Å². The minimum Gasteiger partial charge on any atom is -0.497 e. The molecular weight excluding hydrogens is 440 g/mol. The van der Waals surface area contributed by atoms with Crippen LogP contribution in [0.1, 0.15) is 10.4 Å². The summed E-state index contributed by atoms with van der Waals surface area (Å²) in [6.45, 7) is 0.985. The van der Waals surface area contributed by atoms with Gasteiger partial charge < -0.3 is 14.2 Å². The normalized spacial score (nSPS) is 12.4. The number of aromatic nitrogens is 4. The number of thioether (sulfide) groups is 1. The van der Waals surface area contributed by atoms with Gasteiger partial charge in [0.2, 0.25) is 0 Å². The summed E-state index contributed by atoms with van der Waals surface area (Å²) in [5.41, 5.74) is 2.30. The second-order valence-electron chi connectivity index (χ2n) is 7.15. The molecule has 8 nitrogen and oxygen atoms in total. The third kappa shape index (κ3) is 4.40. The first-order chi connectivity index (χ1) is 16.2. The third-order valence-electron chi connectivity index (χ3n) is 5.10. The number of Topliss-reactive ketones (excluding diaryl/α,β-unsaturated/α-hetero) is 1. The molecule has 0 saturated heterocycles. The number of rotatable bonds is 7. The Labute approximate surface area is 194 Å². The average molecular weight is 461 g/mol. The fourth-order valence-corrected chi connectivity index (χ4v) is 4.29. The van der Waals surface area contributed by atoms with Gasteiger partial charge in [0.15, 0.2) is 28.3 Å². The molecule has 0 radical (unpaired) electrons. The summed E-state index contributed by atoms with van der Waals surface area (Å²) in [5, 5.41) is 9.38. The molecule has 0 saturated carbocycles. The monoisotopic (exact) mass is 460 g/mol. The summed E-state index contributed by atoms with van der Waals surface area (Å²) in [7, 11) is 1.63. The van der Waals surface area contributed by atoms with Gasteiger partial charge in [0.05, 0.1) is 12.9 Å². The van der Waals surface area contributed by atoms with Crippen molar-refractivity contribution in [1.29, 1.82) is 0 Å². The number of carbonyl (C=O) groups excluding carboxylic acids is 1. The van der Waals surface area contributed by atoms with Gasteiger partial charge in [-0.15, -0.1) is 10.2 Å². The lowest BCUT2D eigenvalue weighted by molar-refractivity contribution is 0.102. The van der Waals surface area contributed by atoms with Crippen LogP contribution in [0.25, 0.3) is 17.1 Å². The van der Waals surface area contributed by atoms with Gasteiger partial charge in [-0.3, -0.25) is 14.3 Å². The highest BCUT2D eigenvalue weighted by Gasteiger charge is 2.19. The van der Waals surface area contributed by atoms with Gasteiger partial charge in [-0.25, -0.2) is 0 Å². The van der Waals surface area contributed by atoms with E-state index in [1.54, 1.807) is 37.7 Å². The Balaban J connectivity index is 1.43. The number of pyridine rings is 1. The first-order valence-electron chi connectivity index (χ1n) is 10.3. The highest BCUT2D eigenvalue weighted by molar-refractivity contribution is 7.99. The summed E-state index contributed by atoms with van der Waals surface area (Å²) < 4.78 is 18.3. The predicted octanol–water partition coefficient (Wildman–Crippen LogP) is 4.08. The van der Waals surface area contributed by atoms with Crippen molar-refractivity contribution in [1.82, 2.24) is 19.7 Å². The van der Waals surface area contributed by atoms with Gasteiger partial charge >= 0.3 is 0 Å². The number of methoxy groups -OCH3 is 1.